The Morgan fingerprint density at radius 3 is 2.51 bits per heavy atom. The summed E-state index contributed by atoms with van der Waals surface area (Å²) in [7, 11) is 1.70. The summed E-state index contributed by atoms with van der Waals surface area (Å²) in [4.78, 5) is 19.1. The molecule has 4 aliphatic rings. The Labute approximate surface area is 288 Å². The number of aryl methyl sites for hydroxylation is 1. The average Bonchev–Trinajstić information content (AvgIpc) is 3.80. The van der Waals surface area contributed by atoms with Crippen molar-refractivity contribution >= 4 is 40.4 Å². The fraction of sp³-hybridized carbons (Fsp3) is 0.447. The number of ether oxygens (including phenoxy) is 2. The number of anilines is 1. The number of benzene rings is 3. The molecular weight excluding hydrogens is 631 g/mol. The highest BCUT2D eigenvalue weighted by molar-refractivity contribution is 6.37. The smallest absolute Gasteiger partial charge is 0.252 e. The van der Waals surface area contributed by atoms with Crippen LogP contribution in [0.3, 0.4) is 0 Å². The van der Waals surface area contributed by atoms with E-state index in [4.69, 9.17) is 32.7 Å². The van der Waals surface area contributed by atoms with Crippen LogP contribution in [0.1, 0.15) is 47.9 Å². The van der Waals surface area contributed by atoms with Crippen LogP contribution < -0.4 is 25.0 Å². The Balaban J connectivity index is 1.10. The van der Waals surface area contributed by atoms with Gasteiger partial charge in [-0.05, 0) is 97.7 Å². The Hall–Kier alpha value is -3.23. The molecule has 47 heavy (non-hydrogen) atoms. The first-order chi connectivity index (χ1) is 22.8. The molecule has 248 valence electrons. The second-order valence-corrected chi connectivity index (χ2v) is 14.4. The van der Waals surface area contributed by atoms with Gasteiger partial charge in [0.25, 0.3) is 5.91 Å². The molecule has 0 spiro atoms. The van der Waals surface area contributed by atoms with Crippen molar-refractivity contribution < 1.29 is 14.3 Å². The highest BCUT2D eigenvalue weighted by Crippen LogP contribution is 2.38. The van der Waals surface area contributed by atoms with Crippen molar-refractivity contribution in [1.82, 2.24) is 15.5 Å². The standard InChI is InChI=1S/C38H44Cl2N4O3/c1-23-15-32(39)37(33(40)16-23)47-22-25-13-14-43(20-25)29-9-7-26(8-10-29)31-17-28-18-41-19-34(42-28)36(31)38(45)44(30-11-12-30)21-27-5-4-6-35(46-3)24(27)2/h4-10,15-16,25,28,30,34,41-42H,11-14,17-22H2,1-3H3/t25-,28+,34+/m1/s1. The van der Waals surface area contributed by atoms with Crippen LogP contribution >= 0.6 is 23.2 Å². The van der Waals surface area contributed by atoms with E-state index in [1.807, 2.05) is 31.2 Å². The van der Waals surface area contributed by atoms with Crippen LogP contribution in [0.4, 0.5) is 5.69 Å². The van der Waals surface area contributed by atoms with Gasteiger partial charge < -0.3 is 29.9 Å². The first-order valence-corrected chi connectivity index (χ1v) is 17.6. The molecule has 1 aliphatic carbocycles. The number of methoxy groups -OCH3 is 1. The highest BCUT2D eigenvalue weighted by Gasteiger charge is 2.41. The summed E-state index contributed by atoms with van der Waals surface area (Å²) >= 11 is 12.8. The predicted octanol–water partition coefficient (Wildman–Crippen LogP) is 6.80. The number of carbonyl (C=O) groups excluding carboxylic acids is 1. The summed E-state index contributed by atoms with van der Waals surface area (Å²) in [5, 5.41) is 8.44. The number of nitrogens with zero attached hydrogens (tertiary/aromatic N) is 2. The number of amides is 1. The van der Waals surface area contributed by atoms with Crippen LogP contribution in [0.5, 0.6) is 11.5 Å². The van der Waals surface area contributed by atoms with E-state index in [1.165, 1.54) is 11.3 Å². The molecule has 3 heterocycles. The number of fused-ring (bicyclic) bond motifs is 2. The van der Waals surface area contributed by atoms with Crippen LogP contribution in [-0.2, 0) is 11.3 Å². The van der Waals surface area contributed by atoms with E-state index in [2.05, 4.69) is 57.7 Å². The van der Waals surface area contributed by atoms with Crippen molar-refractivity contribution in [3.8, 4) is 11.5 Å². The van der Waals surface area contributed by atoms with Crippen LogP contribution in [0, 0.1) is 19.8 Å². The first kappa shape index (κ1) is 32.3. The number of nitrogens with one attached hydrogen (secondary N) is 2. The van der Waals surface area contributed by atoms with E-state index in [-0.39, 0.29) is 18.0 Å². The fourth-order valence-corrected chi connectivity index (χ4v) is 8.19. The third-order valence-corrected chi connectivity index (χ3v) is 10.8. The van der Waals surface area contributed by atoms with E-state index in [0.29, 0.717) is 40.9 Å². The lowest BCUT2D eigenvalue weighted by Gasteiger charge is -2.41. The van der Waals surface area contributed by atoms with Gasteiger partial charge in [0.2, 0.25) is 0 Å². The topological polar surface area (TPSA) is 66.1 Å². The molecule has 3 aliphatic heterocycles. The van der Waals surface area contributed by atoms with Crippen molar-refractivity contribution in [2.75, 3.05) is 44.8 Å². The van der Waals surface area contributed by atoms with Gasteiger partial charge in [0.15, 0.2) is 5.75 Å². The van der Waals surface area contributed by atoms with Crippen molar-refractivity contribution in [2.45, 2.75) is 64.2 Å². The molecule has 3 aromatic rings. The molecular formula is C38H44Cl2N4O3. The first-order valence-electron chi connectivity index (χ1n) is 16.9. The molecule has 7 nitrogen and oxygen atoms in total. The molecule has 7 rings (SSSR count). The summed E-state index contributed by atoms with van der Waals surface area (Å²) in [6, 6.07) is 19.4. The largest absolute Gasteiger partial charge is 0.496 e. The Morgan fingerprint density at radius 2 is 1.79 bits per heavy atom. The third-order valence-electron chi connectivity index (χ3n) is 10.2. The number of piperazine rings is 1. The SMILES string of the molecule is COc1cccc(CN(C(=O)C2=C(c3ccc(N4CC[C@@H](COc5c(Cl)cc(C)cc5Cl)C4)cc3)C[C@H]3CNC[C@@H]2N3)C2CC2)c1C. The number of carbonyl (C=O) groups is 1. The molecule has 9 heteroatoms. The highest BCUT2D eigenvalue weighted by atomic mass is 35.5. The summed E-state index contributed by atoms with van der Waals surface area (Å²) in [6.07, 6.45) is 3.97. The quantitative estimate of drug-likeness (QED) is 0.247. The van der Waals surface area contributed by atoms with E-state index >= 15 is 0 Å². The van der Waals surface area contributed by atoms with Crippen LogP contribution in [0.2, 0.25) is 10.0 Å². The zero-order chi connectivity index (χ0) is 32.7. The van der Waals surface area contributed by atoms with Gasteiger partial charge in [-0.25, -0.2) is 0 Å². The molecule has 2 N–H and O–H groups in total. The van der Waals surface area contributed by atoms with Crippen molar-refractivity contribution in [3.05, 3.63) is 92.5 Å². The molecule has 1 amide bonds. The number of rotatable bonds is 10. The minimum atomic E-state index is -0.00721. The minimum Gasteiger partial charge on any atom is -0.496 e. The minimum absolute atomic E-state index is 0.00721. The van der Waals surface area contributed by atoms with Crippen LogP contribution in [0.15, 0.2) is 60.2 Å². The second-order valence-electron chi connectivity index (χ2n) is 13.6. The van der Waals surface area contributed by atoms with E-state index < -0.39 is 0 Å². The van der Waals surface area contributed by atoms with Gasteiger partial charge in [-0.3, -0.25) is 4.79 Å². The lowest BCUT2D eigenvalue weighted by molar-refractivity contribution is -0.128. The number of halogens is 2. The zero-order valence-electron chi connectivity index (χ0n) is 27.5. The average molecular weight is 676 g/mol. The molecule has 2 bridgehead atoms. The summed E-state index contributed by atoms with van der Waals surface area (Å²) in [6.45, 7) is 8.76. The number of hydrogen-bond donors (Lipinski definition) is 2. The lowest BCUT2D eigenvalue weighted by Crippen LogP contribution is -2.60. The van der Waals surface area contributed by atoms with Crippen molar-refractivity contribution in [2.24, 2.45) is 5.92 Å². The Bertz CT molecular complexity index is 1650. The van der Waals surface area contributed by atoms with Crippen LogP contribution in [-0.4, -0.2) is 68.8 Å². The summed E-state index contributed by atoms with van der Waals surface area (Å²) < 4.78 is 11.7. The van der Waals surface area contributed by atoms with Crippen molar-refractivity contribution in [1.29, 1.82) is 0 Å². The molecule has 3 atom stereocenters. The Morgan fingerprint density at radius 1 is 1.02 bits per heavy atom. The summed E-state index contributed by atoms with van der Waals surface area (Å²) in [5.41, 5.74) is 7.69. The van der Waals surface area contributed by atoms with Gasteiger partial charge in [-0.1, -0.05) is 47.5 Å². The normalized spacial score (nSPS) is 22.4. The molecule has 0 radical (unpaired) electrons. The lowest BCUT2D eigenvalue weighted by atomic mass is 9.83. The maximum Gasteiger partial charge on any atom is 0.252 e. The molecule has 2 saturated heterocycles. The predicted molar refractivity (Wildman–Crippen MR) is 190 cm³/mol. The molecule has 3 fully saturated rings. The molecule has 0 aromatic heterocycles. The second kappa shape index (κ2) is 13.7. The zero-order valence-corrected chi connectivity index (χ0v) is 29.0. The van der Waals surface area contributed by atoms with Gasteiger partial charge in [0.1, 0.15) is 5.75 Å². The molecule has 0 unspecified atom stereocenters. The third kappa shape index (κ3) is 6.86. The number of hydrogen-bond acceptors (Lipinski definition) is 6. The van der Waals surface area contributed by atoms with Gasteiger partial charge in [0, 0.05) is 62.0 Å². The maximum atomic E-state index is 14.6. The molecule has 1 saturated carbocycles. The van der Waals surface area contributed by atoms with Crippen LogP contribution in [0.25, 0.3) is 5.57 Å². The molecule has 3 aromatic carbocycles. The Kier molecular flexibility index (Phi) is 9.43. The van der Waals surface area contributed by atoms with E-state index in [9.17, 15) is 4.79 Å². The van der Waals surface area contributed by atoms with E-state index in [0.717, 1.165) is 85.4 Å². The maximum absolute atomic E-state index is 14.6. The summed E-state index contributed by atoms with van der Waals surface area (Å²) in [5.74, 6) is 1.97. The van der Waals surface area contributed by atoms with E-state index in [1.54, 1.807) is 7.11 Å². The van der Waals surface area contributed by atoms with Gasteiger partial charge in [-0.2, -0.15) is 0 Å². The monoisotopic (exact) mass is 674 g/mol. The van der Waals surface area contributed by atoms with Gasteiger partial charge in [-0.15, -0.1) is 0 Å². The fourth-order valence-electron chi connectivity index (χ4n) is 7.48. The van der Waals surface area contributed by atoms with Gasteiger partial charge in [0.05, 0.1) is 29.8 Å². The van der Waals surface area contributed by atoms with Gasteiger partial charge >= 0.3 is 0 Å². The van der Waals surface area contributed by atoms with Crippen molar-refractivity contribution in [3.63, 3.8) is 0 Å².